The van der Waals surface area contributed by atoms with Crippen LogP contribution in [0.15, 0.2) is 35.6 Å². The van der Waals surface area contributed by atoms with Gasteiger partial charge in [-0.1, -0.05) is 11.6 Å². The molecule has 0 atom stereocenters. The number of H-pyrrole nitrogens is 3. The number of ketones is 1. The molecular formula is C43H62ClN12O11U-. The Morgan fingerprint density at radius 3 is 1.78 bits per heavy atom. The molecule has 9 N–H and O–H groups in total. The molecule has 0 amide bonds. The predicted molar refractivity (Wildman–Crippen MR) is 252 cm³/mol. The molecule has 5 rings (SSSR count). The number of carbonyl (C=O) groups excluding carboxylic acids is 5. The van der Waals surface area contributed by atoms with E-state index < -0.39 is 17.9 Å². The molecule has 0 aliphatic rings. The first-order chi connectivity index (χ1) is 31.5. The Kier molecular flexibility index (Phi) is 36.1. The number of carbonyl (C=O) groups is 5. The largest absolute Gasteiger partial charge is 0.481 e. The molecule has 0 saturated carbocycles. The van der Waals surface area contributed by atoms with E-state index in [1.54, 1.807) is 52.8 Å². The monoisotopic (exact) mass is 1200 g/mol. The van der Waals surface area contributed by atoms with Crippen LogP contribution in [0.25, 0.3) is 22.1 Å². The number of nitrogens with two attached hydrogens (primary N) is 2. The molecule has 25 heteroatoms. The molecule has 0 aromatic carbocycles. The van der Waals surface area contributed by atoms with Crippen LogP contribution in [0.5, 0.6) is 0 Å². The summed E-state index contributed by atoms with van der Waals surface area (Å²) in [5, 5.41) is 23.7. The van der Waals surface area contributed by atoms with E-state index in [0.29, 0.717) is 60.6 Å². The second kappa shape index (κ2) is 37.4. The number of anilines is 1. The predicted octanol–water partition coefficient (Wildman–Crippen LogP) is 5.27. The molecule has 0 aliphatic carbocycles. The van der Waals surface area contributed by atoms with Crippen molar-refractivity contribution in [2.75, 3.05) is 38.8 Å². The number of aromatic nitrogens is 7. The van der Waals surface area contributed by atoms with E-state index >= 15 is 0 Å². The third kappa shape index (κ3) is 29.1. The van der Waals surface area contributed by atoms with Crippen molar-refractivity contribution in [2.45, 2.75) is 81.6 Å². The van der Waals surface area contributed by atoms with Crippen LogP contribution in [0.4, 0.5) is 5.82 Å². The number of fused-ring (bicyclic) bond motifs is 2. The number of ether oxygens (including phenoxy) is 5. The Hall–Kier alpha value is -6.69. The van der Waals surface area contributed by atoms with E-state index in [1.807, 2.05) is 38.5 Å². The summed E-state index contributed by atoms with van der Waals surface area (Å²) in [6, 6.07) is 7.11. The van der Waals surface area contributed by atoms with Crippen molar-refractivity contribution >= 4 is 80.9 Å². The molecule has 0 aliphatic heterocycles. The normalized spacial score (nSPS) is 9.21. The number of nitrogens with zero attached hydrogens (tertiary/aromatic N) is 5. The van der Waals surface area contributed by atoms with Crippen LogP contribution < -0.4 is 17.0 Å². The number of halogens is 1. The molecule has 0 saturated heterocycles. The first-order valence-electron chi connectivity index (χ1n) is 20.3. The van der Waals surface area contributed by atoms with Gasteiger partial charge >= 0.3 is 23.9 Å². The third-order valence-corrected chi connectivity index (χ3v) is 7.46. The number of amidine groups is 1. The van der Waals surface area contributed by atoms with Gasteiger partial charge in [0.15, 0.2) is 5.90 Å². The number of hydrogen-bond acceptors (Lipinski definition) is 18. The molecular weight excluding hydrogens is 1130 g/mol. The van der Waals surface area contributed by atoms with Gasteiger partial charge in [0.2, 0.25) is 0 Å². The second-order valence-electron chi connectivity index (χ2n) is 12.9. The summed E-state index contributed by atoms with van der Waals surface area (Å²) in [6.45, 7) is 20.6. The summed E-state index contributed by atoms with van der Waals surface area (Å²) in [4.78, 5) is 83.1. The SMILES string of the molecule is CCOC(=N)CC(=O)OCC.CCOC(=O)CC#N.CCOC(=O)CC(=N)N.CCOC(=O)c1cc(C)[nH]c1N.Cc1cc2c(=O)[nH]cnc2[nH]1.Cc1cc2c(Cl)ncnc2n1C.[CH2-]C(C)=O.[U]. The zero-order valence-electron chi connectivity index (χ0n) is 40.0. The number of nitrogen functional groups attached to an aromatic ring is 1. The Balaban J connectivity index is -0.000000735. The summed E-state index contributed by atoms with van der Waals surface area (Å²) in [5.74, 6) is -1.59. The van der Waals surface area contributed by atoms with Gasteiger partial charge < -0.3 is 66.4 Å². The molecule has 5 aromatic rings. The number of aromatic amines is 3. The number of rotatable bonds is 11. The van der Waals surface area contributed by atoms with Crippen LogP contribution in [0.2, 0.25) is 5.15 Å². The summed E-state index contributed by atoms with van der Waals surface area (Å²) in [7, 11) is 1.96. The fourth-order valence-corrected chi connectivity index (χ4v) is 4.70. The van der Waals surface area contributed by atoms with E-state index in [4.69, 9.17) is 48.6 Å². The molecule has 0 spiro atoms. The van der Waals surface area contributed by atoms with Crippen LogP contribution in [-0.2, 0) is 49.9 Å². The van der Waals surface area contributed by atoms with Crippen molar-refractivity contribution in [3.8, 4) is 6.07 Å². The number of nitrogens with one attached hydrogen (secondary N) is 5. The molecule has 0 radical (unpaired) electrons. The first-order valence-corrected chi connectivity index (χ1v) is 20.7. The van der Waals surface area contributed by atoms with E-state index in [9.17, 15) is 28.8 Å². The van der Waals surface area contributed by atoms with Gasteiger partial charge in [-0.2, -0.15) is 5.26 Å². The maximum Gasteiger partial charge on any atom is 0.341 e. The van der Waals surface area contributed by atoms with Crippen LogP contribution in [0, 0.1) is 81.0 Å². The first kappa shape index (κ1) is 65.6. The molecule has 372 valence electrons. The van der Waals surface area contributed by atoms with Crippen molar-refractivity contribution in [1.29, 1.82) is 16.1 Å². The Morgan fingerprint density at radius 2 is 1.32 bits per heavy atom. The van der Waals surface area contributed by atoms with E-state index in [-0.39, 0.29) is 79.4 Å². The average molecular weight is 1200 g/mol. The molecule has 23 nitrogen and oxygen atoms in total. The summed E-state index contributed by atoms with van der Waals surface area (Å²) >= 11 is 5.88. The minimum Gasteiger partial charge on any atom is -0.481 e. The minimum absolute atomic E-state index is 0. The molecule has 5 aromatic heterocycles. The average Bonchev–Trinajstić information content (AvgIpc) is 3.89. The second-order valence-corrected chi connectivity index (χ2v) is 13.2. The number of hydrogen-bond donors (Lipinski definition) is 7. The van der Waals surface area contributed by atoms with Crippen LogP contribution in [-0.4, -0.2) is 109 Å². The fraction of sp³-hybridized carbons (Fsp3) is 0.419. The summed E-state index contributed by atoms with van der Waals surface area (Å²) in [6.07, 6.45) is 2.55. The maximum atomic E-state index is 11.2. The topological polar surface area (TPSA) is 363 Å². The molecule has 0 bridgehead atoms. The van der Waals surface area contributed by atoms with Crippen LogP contribution in [0.1, 0.15) is 88.2 Å². The van der Waals surface area contributed by atoms with Crippen LogP contribution in [0.3, 0.4) is 0 Å². The Morgan fingerprint density at radius 1 is 0.809 bits per heavy atom. The Labute approximate surface area is 423 Å². The third-order valence-electron chi connectivity index (χ3n) is 7.16. The van der Waals surface area contributed by atoms with Gasteiger partial charge in [0, 0.05) is 55.2 Å². The standard InChI is InChI=1S/C8H8ClN3.C8H12N2O2.C7H7N3O.C7H13NO3.C5H10N2O2.C5H7NO2.C3H5O.U/c1-5-3-6-7(9)10-4-11-8(6)12(5)2;1-3-12-8(11)6-4-5(2)10-7(6)9;1-4-2-5-6(10-4)8-3-9-7(5)11;1-3-10-6(8)5-7(9)11-4-2;1-2-9-5(8)3-4(6)7;1-2-8-5(7)3-4-6;1-3(2)4;/h3-4H,1-2H3;4,10H,3,9H2,1-2H3;2-3H,1H3,(H2,8,9,10,11);8H,3-5H2,1-2H3;2-3H2,1H3,(H3,6,7);2-3H2,1H3;1H2,2H3;/q;;;;;;-1;. The number of aryl methyl sites for hydroxylation is 4. The zero-order chi connectivity index (χ0) is 51.6. The van der Waals surface area contributed by atoms with E-state index in [0.717, 1.165) is 28.1 Å². The fourth-order valence-electron chi connectivity index (χ4n) is 4.51. The molecule has 68 heavy (non-hydrogen) atoms. The number of esters is 4. The van der Waals surface area contributed by atoms with Crippen molar-refractivity contribution in [3.05, 3.63) is 75.9 Å². The minimum atomic E-state index is -0.449. The number of nitriles is 1. The maximum absolute atomic E-state index is 11.2. The summed E-state index contributed by atoms with van der Waals surface area (Å²) < 4.78 is 25.0. The van der Waals surface area contributed by atoms with Gasteiger partial charge in [-0.25, -0.2) is 19.7 Å². The van der Waals surface area contributed by atoms with E-state index in [1.165, 1.54) is 19.6 Å². The van der Waals surface area contributed by atoms with Crippen molar-refractivity contribution < 1.29 is 78.8 Å². The quantitative estimate of drug-likeness (QED) is 0.0221. The zero-order valence-corrected chi connectivity index (χ0v) is 44.9. The van der Waals surface area contributed by atoms with Crippen molar-refractivity contribution in [2.24, 2.45) is 12.8 Å². The molecule has 0 unspecified atom stereocenters. The van der Waals surface area contributed by atoms with E-state index in [2.05, 4.69) is 51.0 Å². The van der Waals surface area contributed by atoms with Gasteiger partial charge in [-0.05, 0) is 86.3 Å². The van der Waals surface area contributed by atoms with Gasteiger partial charge in [-0.15, -0.1) is 0 Å². The van der Waals surface area contributed by atoms with Crippen molar-refractivity contribution in [3.63, 3.8) is 0 Å². The van der Waals surface area contributed by atoms with Gasteiger partial charge in [-0.3, -0.25) is 30.0 Å². The van der Waals surface area contributed by atoms with Crippen LogP contribution >= 0.6 is 11.6 Å². The Bertz CT molecular complexity index is 2440. The number of Topliss-reactive ketones (excluding diaryl/α,β-unsaturated/α-hetero) is 1. The van der Waals surface area contributed by atoms with Gasteiger partial charge in [0.1, 0.15) is 59.3 Å². The van der Waals surface area contributed by atoms with Crippen molar-refractivity contribution in [1.82, 2.24) is 34.5 Å². The van der Waals surface area contributed by atoms with Gasteiger partial charge in [0.25, 0.3) is 5.56 Å². The van der Waals surface area contributed by atoms with Gasteiger partial charge in [0.05, 0.1) is 56.2 Å². The smallest absolute Gasteiger partial charge is 0.341 e. The summed E-state index contributed by atoms with van der Waals surface area (Å²) in [5.41, 5.74) is 15.2. The molecule has 0 fully saturated rings. The molecule has 5 heterocycles.